The van der Waals surface area contributed by atoms with Crippen LogP contribution in [0, 0.1) is 11.8 Å². The standard InChI is InChI=1S/C25H33N3O4/c1-5-28(6-2)12-13-32-23-16-20(10-11-22(23)31-4)26-24(29)18-8-7-9-19(15-18)27-25(30)21-14-17(21)3/h7-11,15-17,21H,5-6,12-14H2,1-4H3,(H,26,29)(H,27,30). The molecule has 0 aromatic heterocycles. The van der Waals surface area contributed by atoms with Crippen LogP contribution in [0.5, 0.6) is 11.5 Å². The third-order valence-electron chi connectivity index (χ3n) is 5.82. The highest BCUT2D eigenvalue weighted by atomic mass is 16.5. The van der Waals surface area contributed by atoms with Gasteiger partial charge in [0, 0.05) is 35.5 Å². The van der Waals surface area contributed by atoms with Gasteiger partial charge in [0.2, 0.25) is 5.91 Å². The second kappa shape index (κ2) is 11.0. The van der Waals surface area contributed by atoms with Crippen LogP contribution < -0.4 is 20.1 Å². The van der Waals surface area contributed by atoms with Gasteiger partial charge in [-0.1, -0.05) is 26.8 Å². The number of carbonyl (C=O) groups is 2. The van der Waals surface area contributed by atoms with E-state index >= 15 is 0 Å². The normalized spacial score (nSPS) is 17.0. The minimum absolute atomic E-state index is 0.0108. The van der Waals surface area contributed by atoms with Crippen molar-refractivity contribution in [3.8, 4) is 11.5 Å². The van der Waals surface area contributed by atoms with Crippen LogP contribution in [-0.2, 0) is 4.79 Å². The number of amides is 2. The number of hydrogen-bond acceptors (Lipinski definition) is 5. The minimum Gasteiger partial charge on any atom is -0.493 e. The molecule has 0 radical (unpaired) electrons. The molecular weight excluding hydrogens is 406 g/mol. The summed E-state index contributed by atoms with van der Waals surface area (Å²) in [6, 6.07) is 12.3. The topological polar surface area (TPSA) is 79.9 Å². The van der Waals surface area contributed by atoms with Gasteiger partial charge >= 0.3 is 0 Å². The molecule has 2 aromatic carbocycles. The van der Waals surface area contributed by atoms with Crippen LogP contribution in [0.25, 0.3) is 0 Å². The van der Waals surface area contributed by atoms with E-state index in [-0.39, 0.29) is 17.7 Å². The van der Waals surface area contributed by atoms with Crippen LogP contribution in [0.1, 0.15) is 37.6 Å². The zero-order chi connectivity index (χ0) is 23.1. The summed E-state index contributed by atoms with van der Waals surface area (Å²) in [4.78, 5) is 27.2. The maximum Gasteiger partial charge on any atom is 0.255 e. The number of carbonyl (C=O) groups excluding carboxylic acids is 2. The van der Waals surface area contributed by atoms with Gasteiger partial charge in [-0.2, -0.15) is 0 Å². The summed E-state index contributed by atoms with van der Waals surface area (Å²) in [5, 5.41) is 5.80. The molecule has 7 heteroatoms. The molecule has 2 unspecified atom stereocenters. The maximum absolute atomic E-state index is 12.8. The first-order valence-electron chi connectivity index (χ1n) is 11.2. The zero-order valence-corrected chi connectivity index (χ0v) is 19.3. The largest absolute Gasteiger partial charge is 0.493 e. The van der Waals surface area contributed by atoms with Gasteiger partial charge in [-0.3, -0.25) is 9.59 Å². The second-order valence-electron chi connectivity index (χ2n) is 8.08. The molecule has 7 nitrogen and oxygen atoms in total. The van der Waals surface area contributed by atoms with E-state index in [2.05, 4.69) is 36.3 Å². The number of likely N-dealkylation sites (N-methyl/N-ethyl adjacent to an activating group) is 1. The molecule has 1 aliphatic carbocycles. The first kappa shape index (κ1) is 23.6. The lowest BCUT2D eigenvalue weighted by atomic mass is 10.1. The summed E-state index contributed by atoms with van der Waals surface area (Å²) in [7, 11) is 1.59. The molecule has 2 amide bonds. The fourth-order valence-electron chi connectivity index (χ4n) is 3.56. The predicted octanol–water partition coefficient (Wildman–Crippen LogP) is 4.26. The van der Waals surface area contributed by atoms with Gasteiger partial charge in [0.1, 0.15) is 6.61 Å². The molecule has 2 aromatic rings. The third kappa shape index (κ3) is 6.23. The van der Waals surface area contributed by atoms with Gasteiger partial charge in [0.25, 0.3) is 5.91 Å². The van der Waals surface area contributed by atoms with E-state index in [1.54, 1.807) is 49.6 Å². The second-order valence-corrected chi connectivity index (χ2v) is 8.08. The van der Waals surface area contributed by atoms with Gasteiger partial charge < -0.3 is 25.0 Å². The first-order chi connectivity index (χ1) is 15.4. The van der Waals surface area contributed by atoms with E-state index in [4.69, 9.17) is 9.47 Å². The molecule has 0 bridgehead atoms. The van der Waals surface area contributed by atoms with Crippen molar-refractivity contribution in [2.24, 2.45) is 11.8 Å². The fraction of sp³-hybridized carbons (Fsp3) is 0.440. The Morgan fingerprint density at radius 3 is 2.41 bits per heavy atom. The summed E-state index contributed by atoms with van der Waals surface area (Å²) in [5.74, 6) is 1.45. The van der Waals surface area contributed by atoms with Gasteiger partial charge in [-0.05, 0) is 55.8 Å². The van der Waals surface area contributed by atoms with Gasteiger partial charge in [-0.25, -0.2) is 0 Å². The highest BCUT2D eigenvalue weighted by Crippen LogP contribution is 2.38. The average Bonchev–Trinajstić information content (AvgIpc) is 3.54. The number of nitrogens with one attached hydrogen (secondary N) is 2. The molecule has 0 aliphatic heterocycles. The predicted molar refractivity (Wildman–Crippen MR) is 127 cm³/mol. The van der Waals surface area contributed by atoms with E-state index in [0.717, 1.165) is 26.1 Å². The number of methoxy groups -OCH3 is 1. The molecule has 2 atom stereocenters. The van der Waals surface area contributed by atoms with Crippen molar-refractivity contribution in [1.82, 2.24) is 4.90 Å². The van der Waals surface area contributed by atoms with Crippen LogP contribution in [-0.4, -0.2) is 50.1 Å². The number of hydrogen-bond donors (Lipinski definition) is 2. The van der Waals surface area contributed by atoms with E-state index in [0.29, 0.717) is 41.0 Å². The Morgan fingerprint density at radius 1 is 1.03 bits per heavy atom. The molecule has 3 rings (SSSR count). The first-order valence-corrected chi connectivity index (χ1v) is 11.2. The van der Waals surface area contributed by atoms with E-state index in [9.17, 15) is 9.59 Å². The molecule has 0 heterocycles. The third-order valence-corrected chi connectivity index (χ3v) is 5.82. The molecule has 1 fully saturated rings. The van der Waals surface area contributed by atoms with Crippen LogP contribution in [0.15, 0.2) is 42.5 Å². The lowest BCUT2D eigenvalue weighted by Gasteiger charge is -2.19. The zero-order valence-electron chi connectivity index (χ0n) is 19.3. The Balaban J connectivity index is 1.64. The molecule has 1 saturated carbocycles. The summed E-state index contributed by atoms with van der Waals surface area (Å²) in [6.45, 7) is 9.56. The molecular formula is C25H33N3O4. The van der Waals surface area contributed by atoms with E-state index in [1.807, 2.05) is 0 Å². The molecule has 1 aliphatic rings. The highest BCUT2D eigenvalue weighted by molar-refractivity contribution is 6.05. The van der Waals surface area contributed by atoms with Gasteiger partial charge in [0.05, 0.1) is 7.11 Å². The van der Waals surface area contributed by atoms with Crippen molar-refractivity contribution < 1.29 is 19.1 Å². The average molecular weight is 440 g/mol. The highest BCUT2D eigenvalue weighted by Gasteiger charge is 2.39. The lowest BCUT2D eigenvalue weighted by molar-refractivity contribution is -0.117. The minimum atomic E-state index is -0.264. The van der Waals surface area contributed by atoms with Crippen molar-refractivity contribution in [3.05, 3.63) is 48.0 Å². The quantitative estimate of drug-likeness (QED) is 0.547. The SMILES string of the molecule is CCN(CC)CCOc1cc(NC(=O)c2cccc(NC(=O)C3CC3C)c2)ccc1OC. The molecule has 2 N–H and O–H groups in total. The van der Waals surface area contributed by atoms with Crippen LogP contribution in [0.2, 0.25) is 0 Å². The molecule has 0 spiro atoms. The number of rotatable bonds is 11. The number of nitrogens with zero attached hydrogens (tertiary/aromatic N) is 1. The summed E-state index contributed by atoms with van der Waals surface area (Å²) < 4.78 is 11.3. The van der Waals surface area contributed by atoms with Gasteiger partial charge in [-0.15, -0.1) is 0 Å². The Morgan fingerprint density at radius 2 is 1.75 bits per heavy atom. The van der Waals surface area contributed by atoms with Crippen molar-refractivity contribution in [2.75, 3.05) is 44.0 Å². The van der Waals surface area contributed by atoms with Gasteiger partial charge in [0.15, 0.2) is 11.5 Å². The Kier molecular flexibility index (Phi) is 8.11. The van der Waals surface area contributed by atoms with Crippen molar-refractivity contribution in [1.29, 1.82) is 0 Å². The molecule has 32 heavy (non-hydrogen) atoms. The van der Waals surface area contributed by atoms with Crippen LogP contribution in [0.4, 0.5) is 11.4 Å². The fourth-order valence-corrected chi connectivity index (χ4v) is 3.56. The lowest BCUT2D eigenvalue weighted by Crippen LogP contribution is -2.28. The molecule has 0 saturated heterocycles. The maximum atomic E-state index is 12.8. The number of ether oxygens (including phenoxy) is 2. The van der Waals surface area contributed by atoms with Crippen molar-refractivity contribution in [3.63, 3.8) is 0 Å². The van der Waals surface area contributed by atoms with E-state index < -0.39 is 0 Å². The number of benzene rings is 2. The van der Waals surface area contributed by atoms with Crippen LogP contribution in [0.3, 0.4) is 0 Å². The van der Waals surface area contributed by atoms with Crippen LogP contribution >= 0.6 is 0 Å². The molecule has 172 valence electrons. The summed E-state index contributed by atoms with van der Waals surface area (Å²) in [5.41, 5.74) is 1.69. The van der Waals surface area contributed by atoms with Crippen molar-refractivity contribution >= 4 is 23.2 Å². The summed E-state index contributed by atoms with van der Waals surface area (Å²) in [6.07, 6.45) is 0.919. The van der Waals surface area contributed by atoms with E-state index in [1.165, 1.54) is 0 Å². The van der Waals surface area contributed by atoms with Crippen molar-refractivity contribution in [2.45, 2.75) is 27.2 Å². The monoisotopic (exact) mass is 439 g/mol. The number of anilines is 2. The Labute approximate surface area is 190 Å². The Hall–Kier alpha value is -3.06. The Bertz CT molecular complexity index is 943. The smallest absolute Gasteiger partial charge is 0.255 e. The summed E-state index contributed by atoms with van der Waals surface area (Å²) >= 11 is 0.